The third-order valence-corrected chi connectivity index (χ3v) is 8.04. The maximum atomic E-state index is 13.9. The molecule has 0 aliphatic carbocycles. The number of hydrogen-bond donors (Lipinski definition) is 1. The number of rotatable bonds is 7. The lowest BCUT2D eigenvalue weighted by molar-refractivity contribution is -0.119. The summed E-state index contributed by atoms with van der Waals surface area (Å²) in [5.74, 6) is -0.531. The van der Waals surface area contributed by atoms with Crippen LogP contribution in [0, 0.1) is 6.92 Å². The number of aromatic nitrogens is 1. The molecule has 1 unspecified atom stereocenters. The third-order valence-electron chi connectivity index (χ3n) is 6.41. The van der Waals surface area contributed by atoms with Crippen LogP contribution in [0.4, 0.5) is 0 Å². The van der Waals surface area contributed by atoms with Crippen LogP contribution >= 0.6 is 11.6 Å². The van der Waals surface area contributed by atoms with Crippen molar-refractivity contribution >= 4 is 38.4 Å². The van der Waals surface area contributed by atoms with Crippen molar-refractivity contribution in [3.63, 3.8) is 0 Å². The van der Waals surface area contributed by atoms with E-state index < -0.39 is 21.8 Å². The molecule has 9 nitrogen and oxygen atoms in total. The van der Waals surface area contributed by atoms with E-state index in [1.807, 2.05) is 18.5 Å². The van der Waals surface area contributed by atoms with E-state index >= 15 is 0 Å². The zero-order chi connectivity index (χ0) is 27.2. The van der Waals surface area contributed by atoms with Crippen LogP contribution in [-0.4, -0.2) is 39.9 Å². The van der Waals surface area contributed by atoms with Crippen molar-refractivity contribution in [2.75, 3.05) is 21.0 Å². The number of hydrogen-bond acceptors (Lipinski definition) is 7. The van der Waals surface area contributed by atoms with E-state index in [2.05, 4.69) is 4.72 Å². The molecule has 1 aliphatic heterocycles. The van der Waals surface area contributed by atoms with Gasteiger partial charge in [0.1, 0.15) is 10.6 Å². The van der Waals surface area contributed by atoms with Crippen LogP contribution < -0.4 is 23.7 Å². The molecule has 1 aliphatic rings. The van der Waals surface area contributed by atoms with Gasteiger partial charge in [-0.05, 0) is 60.0 Å². The van der Waals surface area contributed by atoms with Crippen LogP contribution in [0.15, 0.2) is 59.6 Å². The number of nitrogens with zero attached hydrogens (tertiary/aromatic N) is 1. The molecule has 0 spiro atoms. The van der Waals surface area contributed by atoms with Gasteiger partial charge in [0, 0.05) is 29.2 Å². The highest BCUT2D eigenvalue weighted by atomic mass is 35.5. The summed E-state index contributed by atoms with van der Waals surface area (Å²) in [6, 6.07) is 13.2. The Bertz CT molecular complexity index is 1680. The fourth-order valence-corrected chi connectivity index (χ4v) is 5.96. The van der Waals surface area contributed by atoms with E-state index in [0.717, 1.165) is 16.5 Å². The van der Waals surface area contributed by atoms with Crippen molar-refractivity contribution in [1.82, 2.24) is 9.29 Å². The first kappa shape index (κ1) is 25.7. The summed E-state index contributed by atoms with van der Waals surface area (Å²) in [4.78, 5) is 13.8. The molecule has 1 atom stereocenters. The Kier molecular flexibility index (Phi) is 6.62. The van der Waals surface area contributed by atoms with Crippen LogP contribution in [0.3, 0.4) is 0 Å². The fourth-order valence-electron chi connectivity index (χ4n) is 4.65. The second kappa shape index (κ2) is 9.77. The normalized spacial score (nSPS) is 13.4. The van der Waals surface area contributed by atoms with Gasteiger partial charge in [-0.3, -0.25) is 4.79 Å². The summed E-state index contributed by atoms with van der Waals surface area (Å²) in [6.45, 7) is 1.81. The second-order valence-corrected chi connectivity index (χ2v) is 11.0. The number of carbonyl (C=O) groups excluding carboxylic acids is 1. The van der Waals surface area contributed by atoms with Gasteiger partial charge >= 0.3 is 0 Å². The second-order valence-electron chi connectivity index (χ2n) is 8.87. The molecule has 0 fully saturated rings. The zero-order valence-electron chi connectivity index (χ0n) is 21.1. The largest absolute Gasteiger partial charge is 0.495 e. The van der Waals surface area contributed by atoms with Crippen LogP contribution in [0.1, 0.15) is 22.6 Å². The van der Waals surface area contributed by atoms with Crippen LogP contribution in [0.5, 0.6) is 23.0 Å². The van der Waals surface area contributed by atoms with E-state index in [0.29, 0.717) is 33.4 Å². The van der Waals surface area contributed by atoms with Gasteiger partial charge in [0.05, 0.1) is 20.1 Å². The van der Waals surface area contributed by atoms with Gasteiger partial charge in [0.15, 0.2) is 11.5 Å². The minimum absolute atomic E-state index is 0.000371. The number of sulfonamides is 1. The summed E-state index contributed by atoms with van der Waals surface area (Å²) in [6.07, 6.45) is 1.78. The zero-order valence-corrected chi connectivity index (χ0v) is 22.6. The molecule has 0 bridgehead atoms. The van der Waals surface area contributed by atoms with Crippen molar-refractivity contribution in [3.8, 4) is 23.0 Å². The van der Waals surface area contributed by atoms with Gasteiger partial charge in [-0.1, -0.05) is 23.7 Å². The highest BCUT2D eigenvalue weighted by molar-refractivity contribution is 7.90. The van der Waals surface area contributed by atoms with E-state index in [4.69, 9.17) is 30.5 Å². The standard InChI is InChI=1S/C27H25ClN2O7S/c1-15-5-8-24(21(9-15)34-3)38(32,33)29-27(31)25(16-10-22(35-4)26-23(11-16)36-14-37-26)19-13-30(2)20-12-17(28)6-7-18(19)20/h5-13,25H,14H2,1-4H3,(H,29,31). The molecule has 11 heteroatoms. The molecule has 0 radical (unpaired) electrons. The summed E-state index contributed by atoms with van der Waals surface area (Å²) in [5.41, 5.74) is 2.62. The lowest BCUT2D eigenvalue weighted by atomic mass is 9.90. The molecule has 198 valence electrons. The number of ether oxygens (including phenoxy) is 4. The van der Waals surface area contributed by atoms with Crippen LogP contribution in [-0.2, 0) is 21.9 Å². The molecule has 1 amide bonds. The van der Waals surface area contributed by atoms with E-state index in [9.17, 15) is 13.2 Å². The predicted octanol–water partition coefficient (Wildman–Crippen LogP) is 4.52. The Balaban J connectivity index is 1.66. The van der Waals surface area contributed by atoms with Gasteiger partial charge in [0.2, 0.25) is 18.4 Å². The van der Waals surface area contributed by atoms with Gasteiger partial charge in [-0.2, -0.15) is 0 Å². The first-order valence-electron chi connectivity index (χ1n) is 11.6. The number of fused-ring (bicyclic) bond motifs is 2. The van der Waals surface area contributed by atoms with Crippen LogP contribution in [0.2, 0.25) is 5.02 Å². The maximum Gasteiger partial charge on any atom is 0.267 e. The number of carbonyl (C=O) groups is 1. The van der Waals surface area contributed by atoms with Gasteiger partial charge in [0.25, 0.3) is 10.0 Å². The van der Waals surface area contributed by atoms with Crippen molar-refractivity contribution in [2.24, 2.45) is 7.05 Å². The summed E-state index contributed by atoms with van der Waals surface area (Å²) < 4.78 is 52.8. The summed E-state index contributed by atoms with van der Waals surface area (Å²) in [7, 11) is 0.375. The van der Waals surface area contributed by atoms with Crippen LogP contribution in [0.25, 0.3) is 10.9 Å². The number of nitrogens with one attached hydrogen (secondary N) is 1. The highest BCUT2D eigenvalue weighted by Crippen LogP contribution is 2.45. The van der Waals surface area contributed by atoms with Crippen molar-refractivity contribution in [1.29, 1.82) is 0 Å². The minimum Gasteiger partial charge on any atom is -0.495 e. The Hall–Kier alpha value is -3.89. The highest BCUT2D eigenvalue weighted by Gasteiger charge is 2.33. The average Bonchev–Trinajstić information content (AvgIpc) is 3.47. The molecule has 2 heterocycles. The van der Waals surface area contributed by atoms with Gasteiger partial charge in [-0.25, -0.2) is 13.1 Å². The number of halogens is 1. The predicted molar refractivity (Wildman–Crippen MR) is 142 cm³/mol. The molecular weight excluding hydrogens is 532 g/mol. The number of benzene rings is 3. The monoisotopic (exact) mass is 556 g/mol. The molecule has 4 aromatic rings. The Morgan fingerprint density at radius 2 is 1.82 bits per heavy atom. The molecule has 1 N–H and O–H groups in total. The number of methoxy groups -OCH3 is 2. The van der Waals surface area contributed by atoms with E-state index in [1.165, 1.54) is 20.3 Å². The minimum atomic E-state index is -4.30. The SMILES string of the molecule is COc1cc(C)ccc1S(=O)(=O)NC(=O)C(c1cc(OC)c2c(c1)OCO2)c1cn(C)c2cc(Cl)ccc12. The lowest BCUT2D eigenvalue weighted by Gasteiger charge is -2.19. The molecule has 1 aromatic heterocycles. The van der Waals surface area contributed by atoms with E-state index in [-0.39, 0.29) is 17.4 Å². The first-order chi connectivity index (χ1) is 18.1. The Morgan fingerprint density at radius 1 is 1.05 bits per heavy atom. The van der Waals surface area contributed by atoms with Crippen molar-refractivity contribution < 1.29 is 32.2 Å². The smallest absolute Gasteiger partial charge is 0.267 e. The lowest BCUT2D eigenvalue weighted by Crippen LogP contribution is -2.35. The van der Waals surface area contributed by atoms with E-state index in [1.54, 1.807) is 48.7 Å². The summed E-state index contributed by atoms with van der Waals surface area (Å²) in [5, 5.41) is 1.27. The molecule has 38 heavy (non-hydrogen) atoms. The summed E-state index contributed by atoms with van der Waals surface area (Å²) >= 11 is 6.23. The fraction of sp³-hybridized carbons (Fsp3) is 0.222. The number of aryl methyl sites for hydroxylation is 2. The molecule has 5 rings (SSSR count). The quantitative estimate of drug-likeness (QED) is 0.357. The van der Waals surface area contributed by atoms with Gasteiger partial charge in [-0.15, -0.1) is 0 Å². The number of amides is 1. The molecule has 0 saturated heterocycles. The third kappa shape index (κ3) is 4.50. The van der Waals surface area contributed by atoms with Crippen molar-refractivity contribution in [3.05, 3.63) is 76.4 Å². The molecular formula is C27H25ClN2O7S. The maximum absolute atomic E-state index is 13.9. The first-order valence-corrected chi connectivity index (χ1v) is 13.4. The topological polar surface area (TPSA) is 105 Å². The molecule has 0 saturated carbocycles. The Morgan fingerprint density at radius 3 is 2.55 bits per heavy atom. The van der Waals surface area contributed by atoms with Gasteiger partial charge < -0.3 is 23.5 Å². The average molecular weight is 557 g/mol. The van der Waals surface area contributed by atoms with Crippen molar-refractivity contribution in [2.45, 2.75) is 17.7 Å². The molecule has 3 aromatic carbocycles. The Labute approximate surface area is 224 Å².